The van der Waals surface area contributed by atoms with Gasteiger partial charge < -0.3 is 5.32 Å². The Labute approximate surface area is 93.7 Å². The van der Waals surface area contributed by atoms with E-state index in [1.807, 2.05) is 20.8 Å². The van der Waals surface area contributed by atoms with Crippen molar-refractivity contribution in [3.05, 3.63) is 29.6 Å². The Morgan fingerprint density at radius 3 is 2.12 bits per heavy atom. The lowest BCUT2D eigenvalue weighted by atomic mass is 10.1. The van der Waals surface area contributed by atoms with E-state index in [1.165, 1.54) is 0 Å². The molecule has 1 aromatic rings. The standard InChI is InChI=1S/C12H16F3N/c1-7(2)4-8(3)16-12-6-10(14)9(13)5-11(12)15/h5-8,16H,4H2,1-3H3. The Bertz CT molecular complexity index is 364. The van der Waals surface area contributed by atoms with Gasteiger partial charge in [0.05, 0.1) is 5.69 Å². The highest BCUT2D eigenvalue weighted by Crippen LogP contribution is 2.20. The predicted molar refractivity (Wildman–Crippen MR) is 58.9 cm³/mol. The van der Waals surface area contributed by atoms with Gasteiger partial charge in [-0.15, -0.1) is 0 Å². The lowest BCUT2D eigenvalue weighted by Gasteiger charge is -2.17. The van der Waals surface area contributed by atoms with Gasteiger partial charge in [-0.05, 0) is 19.3 Å². The van der Waals surface area contributed by atoms with E-state index in [0.717, 1.165) is 12.5 Å². The Morgan fingerprint density at radius 2 is 1.56 bits per heavy atom. The first kappa shape index (κ1) is 12.9. The molecule has 0 bridgehead atoms. The minimum atomic E-state index is -1.17. The van der Waals surface area contributed by atoms with Crippen LogP contribution in [0.5, 0.6) is 0 Å². The number of rotatable bonds is 4. The molecule has 1 rings (SSSR count). The van der Waals surface area contributed by atoms with Crippen molar-refractivity contribution in [2.45, 2.75) is 33.2 Å². The van der Waals surface area contributed by atoms with Crippen LogP contribution in [0.15, 0.2) is 12.1 Å². The van der Waals surface area contributed by atoms with Gasteiger partial charge in [0.15, 0.2) is 11.6 Å². The molecule has 0 aliphatic rings. The van der Waals surface area contributed by atoms with Gasteiger partial charge in [-0.1, -0.05) is 13.8 Å². The minimum absolute atomic E-state index is 0.00653. The Kier molecular flexibility index (Phi) is 4.21. The fourth-order valence-corrected chi connectivity index (χ4v) is 1.66. The van der Waals surface area contributed by atoms with Gasteiger partial charge in [-0.3, -0.25) is 0 Å². The van der Waals surface area contributed by atoms with Crippen molar-refractivity contribution in [2.75, 3.05) is 5.32 Å². The summed E-state index contributed by atoms with van der Waals surface area (Å²) in [5.41, 5.74) is 0.00653. The molecule has 1 aromatic carbocycles. The van der Waals surface area contributed by atoms with Crippen LogP contribution in [0.4, 0.5) is 18.9 Å². The molecule has 16 heavy (non-hydrogen) atoms. The molecule has 0 fully saturated rings. The van der Waals surface area contributed by atoms with E-state index in [0.29, 0.717) is 12.0 Å². The minimum Gasteiger partial charge on any atom is -0.380 e. The van der Waals surface area contributed by atoms with E-state index in [2.05, 4.69) is 5.32 Å². The molecular weight excluding hydrogens is 215 g/mol. The second-order valence-electron chi connectivity index (χ2n) is 4.42. The largest absolute Gasteiger partial charge is 0.380 e. The number of hydrogen-bond donors (Lipinski definition) is 1. The molecule has 0 aliphatic heterocycles. The van der Waals surface area contributed by atoms with Gasteiger partial charge in [-0.25, -0.2) is 13.2 Å². The summed E-state index contributed by atoms with van der Waals surface area (Å²) in [5, 5.41) is 2.83. The van der Waals surface area contributed by atoms with Crippen LogP contribution in [-0.2, 0) is 0 Å². The maximum absolute atomic E-state index is 13.3. The molecule has 1 N–H and O–H groups in total. The van der Waals surface area contributed by atoms with Gasteiger partial charge in [-0.2, -0.15) is 0 Å². The van der Waals surface area contributed by atoms with Crippen LogP contribution >= 0.6 is 0 Å². The van der Waals surface area contributed by atoms with Crippen molar-refractivity contribution in [1.82, 2.24) is 0 Å². The molecule has 0 spiro atoms. The van der Waals surface area contributed by atoms with E-state index >= 15 is 0 Å². The average molecular weight is 231 g/mol. The van der Waals surface area contributed by atoms with Gasteiger partial charge >= 0.3 is 0 Å². The van der Waals surface area contributed by atoms with Crippen molar-refractivity contribution < 1.29 is 13.2 Å². The van der Waals surface area contributed by atoms with Gasteiger partial charge in [0, 0.05) is 18.2 Å². The average Bonchev–Trinajstić information content (AvgIpc) is 2.12. The molecule has 0 aromatic heterocycles. The molecule has 0 heterocycles. The van der Waals surface area contributed by atoms with Crippen molar-refractivity contribution in [1.29, 1.82) is 0 Å². The first-order chi connectivity index (χ1) is 7.40. The van der Waals surface area contributed by atoms with Gasteiger partial charge in [0.25, 0.3) is 0 Å². The fourth-order valence-electron chi connectivity index (χ4n) is 1.66. The molecule has 1 unspecified atom stereocenters. The lowest BCUT2D eigenvalue weighted by molar-refractivity contribution is 0.493. The molecule has 90 valence electrons. The SMILES string of the molecule is CC(C)CC(C)Nc1cc(F)c(F)cc1F. The summed E-state index contributed by atoms with van der Waals surface area (Å²) in [6, 6.07) is 1.42. The van der Waals surface area contributed by atoms with E-state index in [9.17, 15) is 13.2 Å². The maximum atomic E-state index is 13.3. The van der Waals surface area contributed by atoms with E-state index in [4.69, 9.17) is 0 Å². The summed E-state index contributed by atoms with van der Waals surface area (Å²) in [5.74, 6) is -2.52. The first-order valence-corrected chi connectivity index (χ1v) is 5.31. The van der Waals surface area contributed by atoms with Crippen molar-refractivity contribution in [3.8, 4) is 0 Å². The third kappa shape index (κ3) is 3.43. The van der Waals surface area contributed by atoms with Gasteiger partial charge in [0.2, 0.25) is 0 Å². The van der Waals surface area contributed by atoms with E-state index < -0.39 is 17.5 Å². The van der Waals surface area contributed by atoms with Gasteiger partial charge in [0.1, 0.15) is 5.82 Å². The zero-order valence-corrected chi connectivity index (χ0v) is 9.65. The maximum Gasteiger partial charge on any atom is 0.161 e. The third-order valence-electron chi connectivity index (χ3n) is 2.24. The quantitative estimate of drug-likeness (QED) is 0.773. The second kappa shape index (κ2) is 5.23. The number of hydrogen-bond acceptors (Lipinski definition) is 1. The molecule has 0 amide bonds. The highest BCUT2D eigenvalue weighted by atomic mass is 19.2. The van der Waals surface area contributed by atoms with Crippen molar-refractivity contribution >= 4 is 5.69 Å². The van der Waals surface area contributed by atoms with E-state index in [1.54, 1.807) is 0 Å². The number of anilines is 1. The molecule has 1 atom stereocenters. The molecule has 1 nitrogen and oxygen atoms in total. The Morgan fingerprint density at radius 1 is 1.00 bits per heavy atom. The van der Waals surface area contributed by atoms with Crippen LogP contribution in [0, 0.1) is 23.4 Å². The summed E-state index contributed by atoms with van der Waals surface area (Å²) in [7, 11) is 0. The van der Waals surface area contributed by atoms with Crippen LogP contribution in [0.2, 0.25) is 0 Å². The summed E-state index contributed by atoms with van der Waals surface area (Å²) in [4.78, 5) is 0. The predicted octanol–water partition coefficient (Wildman–Crippen LogP) is 3.95. The smallest absolute Gasteiger partial charge is 0.161 e. The molecule has 0 saturated heterocycles. The van der Waals surface area contributed by atoms with Crippen LogP contribution < -0.4 is 5.32 Å². The second-order valence-corrected chi connectivity index (χ2v) is 4.42. The molecule has 0 radical (unpaired) electrons. The lowest BCUT2D eigenvalue weighted by Crippen LogP contribution is -2.18. The Hall–Kier alpha value is -1.19. The Balaban J connectivity index is 2.77. The normalized spacial score (nSPS) is 12.9. The fraction of sp³-hybridized carbons (Fsp3) is 0.500. The molecule has 4 heteroatoms. The topological polar surface area (TPSA) is 12.0 Å². The molecular formula is C12H16F3N. The van der Waals surface area contributed by atoms with Crippen molar-refractivity contribution in [2.24, 2.45) is 5.92 Å². The van der Waals surface area contributed by atoms with E-state index in [-0.39, 0.29) is 11.7 Å². The first-order valence-electron chi connectivity index (χ1n) is 5.31. The monoisotopic (exact) mass is 231 g/mol. The zero-order chi connectivity index (χ0) is 12.3. The summed E-state index contributed by atoms with van der Waals surface area (Å²) in [6.45, 7) is 5.96. The van der Waals surface area contributed by atoms with Crippen LogP contribution in [0.1, 0.15) is 27.2 Å². The molecule has 0 saturated carbocycles. The molecule has 0 aliphatic carbocycles. The summed E-state index contributed by atoms with van der Waals surface area (Å²) < 4.78 is 38.8. The summed E-state index contributed by atoms with van der Waals surface area (Å²) in [6.07, 6.45) is 0.832. The highest BCUT2D eigenvalue weighted by Gasteiger charge is 2.12. The van der Waals surface area contributed by atoms with Crippen LogP contribution in [0.25, 0.3) is 0 Å². The zero-order valence-electron chi connectivity index (χ0n) is 9.65. The summed E-state index contributed by atoms with van der Waals surface area (Å²) >= 11 is 0. The van der Waals surface area contributed by atoms with Crippen molar-refractivity contribution in [3.63, 3.8) is 0 Å². The number of nitrogens with one attached hydrogen (secondary N) is 1. The van der Waals surface area contributed by atoms with Crippen LogP contribution in [0.3, 0.4) is 0 Å². The third-order valence-corrected chi connectivity index (χ3v) is 2.24. The highest BCUT2D eigenvalue weighted by molar-refractivity contribution is 5.45. The number of benzene rings is 1. The van der Waals surface area contributed by atoms with Crippen LogP contribution in [-0.4, -0.2) is 6.04 Å². The number of halogens is 3.